The quantitative estimate of drug-likeness (QED) is 0.280. The summed E-state index contributed by atoms with van der Waals surface area (Å²) in [4.78, 5) is 48.7. The van der Waals surface area contributed by atoms with E-state index in [2.05, 4.69) is 38.5 Å². The van der Waals surface area contributed by atoms with E-state index in [1.54, 1.807) is 24.3 Å². The molecule has 10 nitrogen and oxygen atoms in total. The first-order valence-electron chi connectivity index (χ1n) is 12.6. The molecule has 2 N–H and O–H groups in total. The Morgan fingerprint density at radius 1 is 1.07 bits per heavy atom. The number of nitrogens with zero attached hydrogens (tertiary/aromatic N) is 4. The number of aliphatic carboxylic acids is 1. The van der Waals surface area contributed by atoms with Crippen molar-refractivity contribution in [3.63, 3.8) is 0 Å². The Hall–Kier alpha value is -4.61. The van der Waals surface area contributed by atoms with Gasteiger partial charge in [0, 0.05) is 12.6 Å². The van der Waals surface area contributed by atoms with Gasteiger partial charge in [-0.25, -0.2) is 28.5 Å². The molecule has 2 heterocycles. The summed E-state index contributed by atoms with van der Waals surface area (Å²) < 4.78 is 20.9. The molecule has 40 heavy (non-hydrogen) atoms. The van der Waals surface area contributed by atoms with Gasteiger partial charge >= 0.3 is 17.3 Å². The number of carboxylic acids is 1. The van der Waals surface area contributed by atoms with Crippen molar-refractivity contribution in [2.24, 2.45) is 10.9 Å². The topological polar surface area (TPSA) is 132 Å². The predicted octanol–water partition coefficient (Wildman–Crippen LogP) is -0.324. The minimum atomic E-state index is -1.12. The van der Waals surface area contributed by atoms with Crippen LogP contribution < -0.4 is 21.7 Å². The molecule has 0 radical (unpaired) electrons. The van der Waals surface area contributed by atoms with Crippen molar-refractivity contribution in [2.75, 3.05) is 0 Å². The van der Waals surface area contributed by atoms with Gasteiger partial charge < -0.3 is 9.84 Å². The highest BCUT2D eigenvalue weighted by Crippen LogP contribution is 2.22. The molecule has 202 valence electrons. The number of benzene rings is 2. The average Bonchev–Trinajstić information content (AvgIpc) is 2.90. The molecule has 4 aromatic rings. The SMILES string of the molecule is BC(B)(B)c1ccc(Cn2c(=O)n(C[C@H](C)C(=O)O)c(=O)[nH]/c2=N\c2ccc(Oc3ccc(F)cn3)cc2)cc1. The van der Waals surface area contributed by atoms with Gasteiger partial charge in [-0.05, 0) is 35.9 Å². The van der Waals surface area contributed by atoms with Crippen LogP contribution in [0.3, 0.4) is 0 Å². The number of aromatic nitrogens is 4. The molecule has 0 saturated heterocycles. The zero-order valence-corrected chi connectivity index (χ0v) is 22.6. The molecule has 4 rings (SSSR count). The number of nitrogens with one attached hydrogen (secondary N) is 1. The van der Waals surface area contributed by atoms with Gasteiger partial charge in [0.15, 0.2) is 0 Å². The van der Waals surface area contributed by atoms with Gasteiger partial charge in [-0.1, -0.05) is 41.9 Å². The second-order valence-corrected chi connectivity index (χ2v) is 10.4. The van der Waals surface area contributed by atoms with Crippen molar-refractivity contribution in [2.45, 2.75) is 25.1 Å². The van der Waals surface area contributed by atoms with Gasteiger partial charge in [0.05, 0.1) is 47.9 Å². The van der Waals surface area contributed by atoms with Crippen LogP contribution in [0.15, 0.2) is 81.4 Å². The Balaban J connectivity index is 1.73. The van der Waals surface area contributed by atoms with Crippen molar-refractivity contribution >= 4 is 35.2 Å². The van der Waals surface area contributed by atoms with Crippen LogP contribution in [0.25, 0.3) is 0 Å². The van der Waals surface area contributed by atoms with E-state index in [1.165, 1.54) is 23.6 Å². The maximum absolute atomic E-state index is 13.5. The first-order chi connectivity index (χ1) is 18.9. The van der Waals surface area contributed by atoms with E-state index >= 15 is 0 Å². The fourth-order valence-electron chi connectivity index (χ4n) is 3.84. The molecule has 0 aliphatic carbocycles. The Labute approximate surface area is 231 Å². The molecule has 0 saturated carbocycles. The third-order valence-electron chi connectivity index (χ3n) is 6.21. The number of hydrogen-bond acceptors (Lipinski definition) is 6. The second kappa shape index (κ2) is 11.6. The van der Waals surface area contributed by atoms with Crippen LogP contribution in [0.2, 0.25) is 0 Å². The summed E-state index contributed by atoms with van der Waals surface area (Å²) in [6.45, 7) is 1.22. The third-order valence-corrected chi connectivity index (χ3v) is 6.21. The molecule has 2 aromatic carbocycles. The molecule has 0 bridgehead atoms. The van der Waals surface area contributed by atoms with Crippen molar-refractivity contribution in [3.05, 3.63) is 110 Å². The van der Waals surface area contributed by atoms with Crippen LogP contribution in [0, 0.1) is 11.7 Å². The first-order valence-corrected chi connectivity index (χ1v) is 12.6. The molecule has 0 fully saturated rings. The lowest BCUT2D eigenvalue weighted by atomic mass is 9.40. The molecule has 0 aliphatic heterocycles. The lowest BCUT2D eigenvalue weighted by Crippen LogP contribution is -2.51. The summed E-state index contributed by atoms with van der Waals surface area (Å²) in [5.41, 5.74) is 0.896. The molecule has 0 spiro atoms. The zero-order valence-electron chi connectivity index (χ0n) is 22.6. The van der Waals surface area contributed by atoms with Gasteiger partial charge in [0.2, 0.25) is 11.5 Å². The highest BCUT2D eigenvalue weighted by Gasteiger charge is 2.18. The van der Waals surface area contributed by atoms with Gasteiger partial charge in [-0.15, -0.1) is 0 Å². The lowest BCUT2D eigenvalue weighted by molar-refractivity contribution is -0.141. The molecule has 0 aliphatic rings. The molecule has 0 unspecified atom stereocenters. The predicted molar refractivity (Wildman–Crippen MR) is 155 cm³/mol. The fourth-order valence-corrected chi connectivity index (χ4v) is 3.84. The fraction of sp³-hybridized carbons (Fsp3) is 0.192. The molecular weight excluding hydrogens is 514 g/mol. The number of carboxylic acid groups (broad SMARTS) is 1. The van der Waals surface area contributed by atoms with Crippen LogP contribution in [0.4, 0.5) is 10.1 Å². The maximum atomic E-state index is 13.5. The molecule has 0 amide bonds. The summed E-state index contributed by atoms with van der Waals surface area (Å²) in [5, 5.41) is 9.27. The minimum absolute atomic E-state index is 0.00277. The largest absolute Gasteiger partial charge is 0.481 e. The zero-order chi connectivity index (χ0) is 29.0. The lowest BCUT2D eigenvalue weighted by Gasteiger charge is -2.19. The van der Waals surface area contributed by atoms with Gasteiger partial charge in [-0.3, -0.25) is 14.3 Å². The molecule has 2 aromatic heterocycles. The smallest absolute Gasteiger partial charge is 0.335 e. The third kappa shape index (κ3) is 6.88. The normalized spacial score (nSPS) is 12.7. The van der Waals surface area contributed by atoms with E-state index in [0.717, 1.165) is 21.9 Å². The number of carbonyl (C=O) groups is 1. The summed E-state index contributed by atoms with van der Waals surface area (Å²) in [6, 6.07) is 16.9. The summed E-state index contributed by atoms with van der Waals surface area (Å²) in [7, 11) is 6.30. The van der Waals surface area contributed by atoms with Crippen molar-refractivity contribution in [1.29, 1.82) is 0 Å². The highest BCUT2D eigenvalue weighted by molar-refractivity contribution is 6.58. The number of aromatic amines is 1. The van der Waals surface area contributed by atoms with Crippen LogP contribution >= 0.6 is 0 Å². The molecule has 1 atom stereocenters. The maximum Gasteiger partial charge on any atom is 0.335 e. The number of pyridine rings is 1. The van der Waals surface area contributed by atoms with E-state index in [9.17, 15) is 23.9 Å². The van der Waals surface area contributed by atoms with Crippen LogP contribution in [-0.4, -0.2) is 53.7 Å². The van der Waals surface area contributed by atoms with E-state index in [0.29, 0.717) is 11.4 Å². The van der Waals surface area contributed by atoms with Gasteiger partial charge in [-0.2, -0.15) is 0 Å². The Morgan fingerprint density at radius 3 is 2.33 bits per heavy atom. The van der Waals surface area contributed by atoms with Crippen LogP contribution in [0.1, 0.15) is 18.1 Å². The number of hydrogen-bond donors (Lipinski definition) is 2. The van der Waals surface area contributed by atoms with E-state index in [1.807, 2.05) is 24.3 Å². The summed E-state index contributed by atoms with van der Waals surface area (Å²) in [6.07, 6.45) is 1.05. The van der Waals surface area contributed by atoms with E-state index in [4.69, 9.17) is 4.74 Å². The van der Waals surface area contributed by atoms with E-state index in [-0.39, 0.29) is 29.7 Å². The molecular formula is C26H27B3FN5O5. The Morgan fingerprint density at radius 2 is 1.75 bits per heavy atom. The number of ether oxygens (including phenoxy) is 1. The van der Waals surface area contributed by atoms with Crippen LogP contribution in [0.5, 0.6) is 11.6 Å². The summed E-state index contributed by atoms with van der Waals surface area (Å²) >= 11 is 0. The summed E-state index contributed by atoms with van der Waals surface area (Å²) in [5.74, 6) is -1.92. The first kappa shape index (κ1) is 28.4. The van der Waals surface area contributed by atoms with Crippen molar-refractivity contribution in [1.82, 2.24) is 19.1 Å². The van der Waals surface area contributed by atoms with Crippen molar-refractivity contribution in [3.8, 4) is 11.6 Å². The standard InChI is InChI=1S/C26H27B3FN5O5/c1-15(22(36)37)13-35-24(38)33-23(34(25(35)39)14-16-2-4-17(5-3-16)26(27,28)29)32-19-7-9-20(10-8-19)40-21-11-6-18(30)12-31-21/h2-12,15H,13-14,27-29H2,1H3,(H,36,37)(H,32,33,38)/t15-/m0/s1. The average molecular weight is 541 g/mol. The van der Waals surface area contributed by atoms with Crippen molar-refractivity contribution < 1.29 is 19.0 Å². The van der Waals surface area contributed by atoms with Gasteiger partial charge in [0.25, 0.3) is 0 Å². The highest BCUT2D eigenvalue weighted by atomic mass is 19.1. The van der Waals surface area contributed by atoms with Crippen LogP contribution in [-0.2, 0) is 23.0 Å². The monoisotopic (exact) mass is 541 g/mol. The Bertz CT molecular complexity index is 1690. The van der Waals surface area contributed by atoms with E-state index < -0.39 is 29.1 Å². The number of halogens is 1. The number of rotatable bonds is 9. The Kier molecular flexibility index (Phi) is 8.27. The second-order valence-electron chi connectivity index (χ2n) is 10.4. The number of H-pyrrole nitrogens is 1. The van der Waals surface area contributed by atoms with Gasteiger partial charge in [0.1, 0.15) is 11.6 Å². The molecule has 14 heteroatoms. The minimum Gasteiger partial charge on any atom is -0.481 e.